The number of hydrogen-bond donors (Lipinski definition) is 2. The van der Waals surface area contributed by atoms with Crippen LogP contribution in [0, 0.1) is 0 Å². The number of rotatable bonds is 5. The Balaban J connectivity index is 2.55. The van der Waals surface area contributed by atoms with E-state index in [1.165, 1.54) is 4.57 Å². The third-order valence-corrected chi connectivity index (χ3v) is 4.33. The van der Waals surface area contributed by atoms with Gasteiger partial charge >= 0.3 is 0 Å². The van der Waals surface area contributed by atoms with Crippen LogP contribution in [0.1, 0.15) is 18.7 Å². The number of fused-ring (bicyclic) bond motifs is 1. The van der Waals surface area contributed by atoms with Crippen LogP contribution >= 0.6 is 11.6 Å². The van der Waals surface area contributed by atoms with Gasteiger partial charge in [0, 0.05) is 24.8 Å². The summed E-state index contributed by atoms with van der Waals surface area (Å²) in [4.78, 5) is 12.7. The van der Waals surface area contributed by atoms with Crippen molar-refractivity contribution >= 4 is 32.4 Å². The number of pyridine rings is 1. The summed E-state index contributed by atoms with van der Waals surface area (Å²) in [6.07, 6.45) is 1.07. The van der Waals surface area contributed by atoms with E-state index in [9.17, 15) is 13.2 Å². The standard InChI is InChI=1S/C14H18ClN3O3S/c1-9(16)12-8-10-4-3-5-11(15)13(10)14(19)18(12)7-6-17-22(2,20)21/h3-5,8-9,17H,6-7,16H2,1-2H3/t9-/m0/s1. The van der Waals surface area contributed by atoms with Gasteiger partial charge in [-0.2, -0.15) is 0 Å². The van der Waals surface area contributed by atoms with Crippen LogP contribution in [0.4, 0.5) is 0 Å². The maximum atomic E-state index is 12.7. The van der Waals surface area contributed by atoms with Crippen molar-refractivity contribution in [3.8, 4) is 0 Å². The molecule has 2 aromatic rings. The molecule has 0 bridgehead atoms. The lowest BCUT2D eigenvalue weighted by atomic mass is 10.1. The highest BCUT2D eigenvalue weighted by atomic mass is 35.5. The van der Waals surface area contributed by atoms with E-state index in [0.717, 1.165) is 11.6 Å². The number of aromatic nitrogens is 1. The van der Waals surface area contributed by atoms with Gasteiger partial charge in [0.15, 0.2) is 0 Å². The molecule has 1 aromatic heterocycles. The molecule has 0 saturated heterocycles. The molecule has 0 unspecified atom stereocenters. The molecule has 1 aromatic carbocycles. The van der Waals surface area contributed by atoms with Gasteiger partial charge < -0.3 is 10.3 Å². The lowest BCUT2D eigenvalue weighted by molar-refractivity contribution is 0.564. The zero-order valence-electron chi connectivity index (χ0n) is 12.3. The molecule has 0 aliphatic heterocycles. The molecule has 1 atom stereocenters. The highest BCUT2D eigenvalue weighted by Crippen LogP contribution is 2.22. The maximum absolute atomic E-state index is 12.7. The molecule has 3 N–H and O–H groups in total. The van der Waals surface area contributed by atoms with Crippen LogP contribution in [0.2, 0.25) is 5.02 Å². The third kappa shape index (κ3) is 3.67. The van der Waals surface area contributed by atoms with Crippen LogP contribution in [0.15, 0.2) is 29.1 Å². The normalized spacial score (nSPS) is 13.5. The monoisotopic (exact) mass is 343 g/mol. The first-order valence-electron chi connectivity index (χ1n) is 6.73. The van der Waals surface area contributed by atoms with Crippen LogP contribution in [-0.2, 0) is 16.6 Å². The van der Waals surface area contributed by atoms with E-state index >= 15 is 0 Å². The van der Waals surface area contributed by atoms with Crippen molar-refractivity contribution in [1.82, 2.24) is 9.29 Å². The Morgan fingerprint density at radius 2 is 2.09 bits per heavy atom. The quantitative estimate of drug-likeness (QED) is 0.853. The predicted octanol–water partition coefficient (Wildman–Crippen LogP) is 1.22. The highest BCUT2D eigenvalue weighted by molar-refractivity contribution is 7.88. The van der Waals surface area contributed by atoms with Crippen molar-refractivity contribution in [2.75, 3.05) is 12.8 Å². The Bertz CT molecular complexity index is 859. The lowest BCUT2D eigenvalue weighted by Gasteiger charge is -2.17. The zero-order valence-corrected chi connectivity index (χ0v) is 13.9. The molecule has 120 valence electrons. The molecule has 1 heterocycles. The largest absolute Gasteiger partial charge is 0.323 e. The van der Waals surface area contributed by atoms with Gasteiger partial charge in [-0.05, 0) is 24.4 Å². The van der Waals surface area contributed by atoms with E-state index in [2.05, 4.69) is 4.72 Å². The van der Waals surface area contributed by atoms with E-state index in [0.29, 0.717) is 16.1 Å². The van der Waals surface area contributed by atoms with Crippen LogP contribution in [0.3, 0.4) is 0 Å². The van der Waals surface area contributed by atoms with Crippen LogP contribution < -0.4 is 16.0 Å². The first-order valence-corrected chi connectivity index (χ1v) is 9.00. The molecule has 0 spiro atoms. The fourth-order valence-electron chi connectivity index (χ4n) is 2.33. The number of benzene rings is 1. The molecule has 0 fully saturated rings. The smallest absolute Gasteiger partial charge is 0.260 e. The molecule has 2 rings (SSSR count). The van der Waals surface area contributed by atoms with Crippen molar-refractivity contribution in [2.45, 2.75) is 19.5 Å². The summed E-state index contributed by atoms with van der Waals surface area (Å²) < 4.78 is 26.1. The minimum atomic E-state index is -3.31. The number of halogens is 1. The third-order valence-electron chi connectivity index (χ3n) is 3.29. The van der Waals surface area contributed by atoms with Crippen molar-refractivity contribution in [3.63, 3.8) is 0 Å². The summed E-state index contributed by atoms with van der Waals surface area (Å²) >= 11 is 6.12. The van der Waals surface area contributed by atoms with Gasteiger partial charge in [-0.15, -0.1) is 0 Å². The zero-order chi connectivity index (χ0) is 16.5. The lowest BCUT2D eigenvalue weighted by Crippen LogP contribution is -2.33. The minimum Gasteiger partial charge on any atom is -0.323 e. The van der Waals surface area contributed by atoms with Gasteiger partial charge in [0.25, 0.3) is 5.56 Å². The van der Waals surface area contributed by atoms with E-state index in [4.69, 9.17) is 17.3 Å². The molecule has 0 aliphatic carbocycles. The van der Waals surface area contributed by atoms with Crippen LogP contribution in [0.5, 0.6) is 0 Å². The summed E-state index contributed by atoms with van der Waals surface area (Å²) in [6.45, 7) is 2.06. The average molecular weight is 344 g/mol. The van der Waals surface area contributed by atoms with Gasteiger partial charge in [0.05, 0.1) is 16.7 Å². The number of hydrogen-bond acceptors (Lipinski definition) is 4. The molecule has 22 heavy (non-hydrogen) atoms. The second-order valence-electron chi connectivity index (χ2n) is 5.19. The van der Waals surface area contributed by atoms with Crippen LogP contribution in [0.25, 0.3) is 10.8 Å². The Hall–Kier alpha value is -1.41. The van der Waals surface area contributed by atoms with Crippen molar-refractivity contribution in [1.29, 1.82) is 0 Å². The molecule has 0 saturated carbocycles. The fourth-order valence-corrected chi connectivity index (χ4v) is 3.05. The molecule has 0 amide bonds. The second kappa shape index (κ2) is 6.37. The van der Waals surface area contributed by atoms with E-state index in [1.807, 2.05) is 6.07 Å². The Kier molecular flexibility index (Phi) is 4.91. The number of nitrogens with two attached hydrogens (primary N) is 1. The number of nitrogens with one attached hydrogen (secondary N) is 1. The summed E-state index contributed by atoms with van der Waals surface area (Å²) in [6, 6.07) is 6.66. The first kappa shape index (κ1) is 17.0. The minimum absolute atomic E-state index is 0.106. The summed E-state index contributed by atoms with van der Waals surface area (Å²) in [5.41, 5.74) is 6.30. The van der Waals surface area contributed by atoms with E-state index < -0.39 is 10.0 Å². The summed E-state index contributed by atoms with van der Waals surface area (Å²) in [5, 5.41) is 1.49. The van der Waals surface area contributed by atoms with Crippen molar-refractivity contribution in [2.24, 2.45) is 5.73 Å². The topological polar surface area (TPSA) is 94.2 Å². The molecular formula is C14H18ClN3O3S. The fraction of sp³-hybridized carbons (Fsp3) is 0.357. The second-order valence-corrected chi connectivity index (χ2v) is 7.43. The van der Waals surface area contributed by atoms with Gasteiger partial charge in [-0.25, -0.2) is 13.1 Å². The summed E-state index contributed by atoms with van der Waals surface area (Å²) in [5.74, 6) is 0. The van der Waals surface area contributed by atoms with Crippen LogP contribution in [-0.4, -0.2) is 25.8 Å². The Morgan fingerprint density at radius 1 is 1.41 bits per heavy atom. The van der Waals surface area contributed by atoms with Gasteiger partial charge in [-0.1, -0.05) is 23.7 Å². The maximum Gasteiger partial charge on any atom is 0.260 e. The van der Waals surface area contributed by atoms with Gasteiger partial charge in [0.2, 0.25) is 10.0 Å². The van der Waals surface area contributed by atoms with Crippen molar-refractivity contribution in [3.05, 3.63) is 45.3 Å². The predicted molar refractivity (Wildman–Crippen MR) is 88.7 cm³/mol. The number of nitrogens with zero attached hydrogens (tertiary/aromatic N) is 1. The first-order chi connectivity index (χ1) is 10.2. The van der Waals surface area contributed by atoms with Gasteiger partial charge in [-0.3, -0.25) is 4.79 Å². The molecule has 6 nitrogen and oxygen atoms in total. The molecular weight excluding hydrogens is 326 g/mol. The van der Waals surface area contributed by atoms with E-state index in [1.54, 1.807) is 25.1 Å². The molecule has 8 heteroatoms. The summed E-state index contributed by atoms with van der Waals surface area (Å²) in [7, 11) is -3.31. The molecule has 0 aliphatic rings. The van der Waals surface area contributed by atoms with Crippen molar-refractivity contribution < 1.29 is 8.42 Å². The average Bonchev–Trinajstić information content (AvgIpc) is 2.39. The van der Waals surface area contributed by atoms with Gasteiger partial charge in [0.1, 0.15) is 0 Å². The molecule has 0 radical (unpaired) electrons. The number of sulfonamides is 1. The van der Waals surface area contributed by atoms with E-state index in [-0.39, 0.29) is 24.7 Å². The Morgan fingerprint density at radius 3 is 2.68 bits per heavy atom. The highest BCUT2D eigenvalue weighted by Gasteiger charge is 2.14. The Labute approximate surface area is 133 Å². The SMILES string of the molecule is C[C@H](N)c1cc2cccc(Cl)c2c(=O)n1CCNS(C)(=O)=O.